The van der Waals surface area contributed by atoms with Crippen LogP contribution in [0.4, 0.5) is 0 Å². The van der Waals surface area contributed by atoms with Gasteiger partial charge in [0.1, 0.15) is 0 Å². The van der Waals surface area contributed by atoms with Gasteiger partial charge in [-0.2, -0.15) is 4.31 Å². The minimum absolute atomic E-state index is 0.0142. The zero-order valence-electron chi connectivity index (χ0n) is 13.9. The van der Waals surface area contributed by atoms with E-state index in [4.69, 9.17) is 0 Å². The van der Waals surface area contributed by atoms with Crippen molar-refractivity contribution in [1.29, 1.82) is 0 Å². The molecular weight excluding hydrogens is 348 g/mol. The Morgan fingerprint density at radius 2 is 1.83 bits per heavy atom. The molecule has 1 aliphatic rings. The van der Waals surface area contributed by atoms with E-state index in [2.05, 4.69) is 11.3 Å². The summed E-state index contributed by atoms with van der Waals surface area (Å²) in [5, 5.41) is 0. The standard InChI is InChI=1S/C16H24N2O4S2/c1-3-11-18(23(2,19)20)12-10-17-24(21,22)16-9-8-14-6-4-5-7-15(14)13-16/h3,8-9,13,17H,1,4-7,10-12H2,2H3. The van der Waals surface area contributed by atoms with Gasteiger partial charge in [-0.25, -0.2) is 21.6 Å². The van der Waals surface area contributed by atoms with Crippen molar-refractivity contribution < 1.29 is 16.8 Å². The van der Waals surface area contributed by atoms with Gasteiger partial charge in [-0.05, 0) is 48.9 Å². The molecule has 6 nitrogen and oxygen atoms in total. The third-order valence-electron chi connectivity index (χ3n) is 4.09. The summed E-state index contributed by atoms with van der Waals surface area (Å²) < 4.78 is 51.7. The third-order valence-corrected chi connectivity index (χ3v) is 6.81. The monoisotopic (exact) mass is 372 g/mol. The van der Waals surface area contributed by atoms with Crippen molar-refractivity contribution in [1.82, 2.24) is 9.03 Å². The lowest BCUT2D eigenvalue weighted by molar-refractivity contribution is 0.447. The van der Waals surface area contributed by atoms with E-state index < -0.39 is 20.0 Å². The van der Waals surface area contributed by atoms with Gasteiger partial charge in [0.15, 0.2) is 0 Å². The lowest BCUT2D eigenvalue weighted by Gasteiger charge is -2.19. The van der Waals surface area contributed by atoms with E-state index in [0.29, 0.717) is 0 Å². The molecule has 0 bridgehead atoms. The molecular formula is C16H24N2O4S2. The molecule has 1 aliphatic carbocycles. The van der Waals surface area contributed by atoms with Crippen LogP contribution < -0.4 is 4.72 Å². The molecule has 0 unspecified atom stereocenters. The van der Waals surface area contributed by atoms with Crippen molar-refractivity contribution in [3.05, 3.63) is 42.0 Å². The summed E-state index contributed by atoms with van der Waals surface area (Å²) in [7, 11) is -7.04. The Bertz CT molecular complexity index is 801. The van der Waals surface area contributed by atoms with Gasteiger partial charge < -0.3 is 0 Å². The fourth-order valence-corrected chi connectivity index (χ4v) is 4.67. The Morgan fingerprint density at radius 1 is 1.17 bits per heavy atom. The highest BCUT2D eigenvalue weighted by Gasteiger charge is 2.19. The summed E-state index contributed by atoms with van der Waals surface area (Å²) in [6.07, 6.45) is 6.68. The Morgan fingerprint density at radius 3 is 2.46 bits per heavy atom. The zero-order chi connectivity index (χ0) is 17.8. The molecule has 0 atom stereocenters. The summed E-state index contributed by atoms with van der Waals surface area (Å²) in [6.45, 7) is 3.75. The molecule has 1 aromatic rings. The van der Waals surface area contributed by atoms with Crippen LogP contribution in [0.3, 0.4) is 0 Å². The largest absolute Gasteiger partial charge is 0.240 e. The van der Waals surface area contributed by atoms with Crippen molar-refractivity contribution in [2.45, 2.75) is 30.6 Å². The van der Waals surface area contributed by atoms with Crippen LogP contribution in [-0.4, -0.2) is 47.0 Å². The first-order chi connectivity index (χ1) is 11.2. The molecule has 1 N–H and O–H groups in total. The molecule has 0 heterocycles. The molecule has 0 aliphatic heterocycles. The van der Waals surface area contributed by atoms with Gasteiger partial charge in [0, 0.05) is 19.6 Å². The summed E-state index contributed by atoms with van der Waals surface area (Å²) in [6, 6.07) is 5.23. The smallest absolute Gasteiger partial charge is 0.212 e. The lowest BCUT2D eigenvalue weighted by atomic mass is 9.92. The number of hydrogen-bond acceptors (Lipinski definition) is 4. The van der Waals surface area contributed by atoms with Crippen molar-refractivity contribution in [3.8, 4) is 0 Å². The molecule has 8 heteroatoms. The second-order valence-electron chi connectivity index (χ2n) is 5.95. The summed E-state index contributed by atoms with van der Waals surface area (Å²) in [4.78, 5) is 0.234. The van der Waals surface area contributed by atoms with Crippen LogP contribution >= 0.6 is 0 Å². The van der Waals surface area contributed by atoms with Gasteiger partial charge in [-0.1, -0.05) is 12.1 Å². The van der Waals surface area contributed by atoms with Crippen molar-refractivity contribution in [2.75, 3.05) is 25.9 Å². The van der Waals surface area contributed by atoms with Crippen LogP contribution in [0.5, 0.6) is 0 Å². The molecule has 0 saturated carbocycles. The highest BCUT2D eigenvalue weighted by Crippen LogP contribution is 2.23. The van der Waals surface area contributed by atoms with E-state index in [-0.39, 0.29) is 24.5 Å². The maximum atomic E-state index is 12.4. The van der Waals surface area contributed by atoms with Gasteiger partial charge in [-0.3, -0.25) is 0 Å². The van der Waals surface area contributed by atoms with E-state index in [1.54, 1.807) is 12.1 Å². The van der Waals surface area contributed by atoms with Crippen LogP contribution in [0, 0.1) is 0 Å². The van der Waals surface area contributed by atoms with Gasteiger partial charge in [0.05, 0.1) is 11.2 Å². The van der Waals surface area contributed by atoms with Crippen LogP contribution in [-0.2, 0) is 32.9 Å². The van der Waals surface area contributed by atoms with Crippen molar-refractivity contribution in [2.24, 2.45) is 0 Å². The second kappa shape index (κ2) is 7.77. The SMILES string of the molecule is C=CCN(CCNS(=O)(=O)c1ccc2c(c1)CCCC2)S(C)(=O)=O. The zero-order valence-corrected chi connectivity index (χ0v) is 15.5. The molecule has 2 rings (SSSR count). The van der Waals surface area contributed by atoms with E-state index >= 15 is 0 Å². The average molecular weight is 373 g/mol. The number of nitrogens with one attached hydrogen (secondary N) is 1. The van der Waals surface area contributed by atoms with Crippen LogP contribution in [0.1, 0.15) is 24.0 Å². The molecule has 0 fully saturated rings. The van der Waals surface area contributed by atoms with Gasteiger partial charge in [-0.15, -0.1) is 6.58 Å². The fourth-order valence-electron chi connectivity index (χ4n) is 2.80. The molecule has 134 valence electrons. The van der Waals surface area contributed by atoms with E-state index in [9.17, 15) is 16.8 Å². The minimum atomic E-state index is -3.65. The normalized spacial score (nSPS) is 15.2. The second-order valence-corrected chi connectivity index (χ2v) is 9.69. The van der Waals surface area contributed by atoms with Crippen LogP contribution in [0.2, 0.25) is 0 Å². The van der Waals surface area contributed by atoms with E-state index in [1.165, 1.54) is 15.9 Å². The number of sulfonamides is 2. The number of benzene rings is 1. The van der Waals surface area contributed by atoms with Gasteiger partial charge >= 0.3 is 0 Å². The molecule has 1 aromatic carbocycles. The first-order valence-electron chi connectivity index (χ1n) is 7.91. The predicted octanol–water partition coefficient (Wildman–Crippen LogP) is 1.29. The third kappa shape index (κ3) is 4.89. The lowest BCUT2D eigenvalue weighted by Crippen LogP contribution is -2.38. The predicted molar refractivity (Wildman–Crippen MR) is 94.9 cm³/mol. The molecule has 0 saturated heterocycles. The van der Waals surface area contributed by atoms with Gasteiger partial charge in [0.25, 0.3) is 0 Å². The molecule has 0 amide bonds. The molecule has 24 heavy (non-hydrogen) atoms. The van der Waals surface area contributed by atoms with Gasteiger partial charge in [0.2, 0.25) is 20.0 Å². The van der Waals surface area contributed by atoms with Crippen molar-refractivity contribution >= 4 is 20.0 Å². The first kappa shape index (κ1) is 19.1. The highest BCUT2D eigenvalue weighted by atomic mass is 32.2. The van der Waals surface area contributed by atoms with E-state index in [0.717, 1.165) is 37.5 Å². The number of rotatable bonds is 8. The fraction of sp³-hybridized carbons (Fsp3) is 0.500. The van der Waals surface area contributed by atoms with Crippen LogP contribution in [0.25, 0.3) is 0 Å². The number of nitrogens with zero attached hydrogens (tertiary/aromatic N) is 1. The van der Waals surface area contributed by atoms with Crippen molar-refractivity contribution in [3.63, 3.8) is 0 Å². The molecule has 0 spiro atoms. The Labute approximate surface area is 144 Å². The Hall–Kier alpha value is -1.22. The summed E-state index contributed by atoms with van der Waals surface area (Å²) >= 11 is 0. The molecule has 0 aromatic heterocycles. The first-order valence-corrected chi connectivity index (χ1v) is 11.2. The number of hydrogen-bond donors (Lipinski definition) is 1. The topological polar surface area (TPSA) is 83.6 Å². The minimum Gasteiger partial charge on any atom is -0.212 e. The molecule has 0 radical (unpaired) electrons. The van der Waals surface area contributed by atoms with E-state index in [1.807, 2.05) is 6.07 Å². The maximum Gasteiger partial charge on any atom is 0.240 e. The Balaban J connectivity index is 2.04. The number of aryl methyl sites for hydroxylation is 2. The maximum absolute atomic E-state index is 12.4. The summed E-state index contributed by atoms with van der Waals surface area (Å²) in [5.74, 6) is 0. The van der Waals surface area contributed by atoms with Crippen LogP contribution in [0.15, 0.2) is 35.7 Å². The average Bonchev–Trinajstić information content (AvgIpc) is 2.52. The Kier molecular flexibility index (Phi) is 6.19. The number of fused-ring (bicyclic) bond motifs is 1. The summed E-state index contributed by atoms with van der Waals surface area (Å²) in [5.41, 5.74) is 2.31. The quantitative estimate of drug-likeness (QED) is 0.697. The highest BCUT2D eigenvalue weighted by molar-refractivity contribution is 7.89.